The monoisotopic (exact) mass is 219 g/mol. The first-order chi connectivity index (χ1) is 7.75. The Morgan fingerprint density at radius 1 is 1.31 bits per heavy atom. The fourth-order valence-electron chi connectivity index (χ4n) is 1.47. The van der Waals surface area contributed by atoms with Crippen LogP contribution in [0.3, 0.4) is 0 Å². The summed E-state index contributed by atoms with van der Waals surface area (Å²) in [5.41, 5.74) is 3.82. The summed E-state index contributed by atoms with van der Waals surface area (Å²) in [7, 11) is 0. The maximum absolute atomic E-state index is 5.63. The van der Waals surface area contributed by atoms with Gasteiger partial charge in [-0.1, -0.05) is 32.0 Å². The second-order valence-electron chi connectivity index (χ2n) is 4.28. The number of hydrogen-bond donors (Lipinski definition) is 1. The lowest BCUT2D eigenvalue weighted by molar-refractivity contribution is 0.0167. The van der Waals surface area contributed by atoms with Crippen molar-refractivity contribution >= 4 is 11.0 Å². The van der Waals surface area contributed by atoms with Crippen LogP contribution in [-0.4, -0.2) is 6.61 Å². The summed E-state index contributed by atoms with van der Waals surface area (Å²) in [5, 5.41) is 1.13. The van der Waals surface area contributed by atoms with Crippen molar-refractivity contribution in [1.82, 2.24) is 5.48 Å². The van der Waals surface area contributed by atoms with Gasteiger partial charge < -0.3 is 9.25 Å². The van der Waals surface area contributed by atoms with Gasteiger partial charge in [-0.15, -0.1) is 0 Å². The Labute approximate surface area is 95.3 Å². The SMILES string of the molecule is CC(C)CONCc1cc2ccccc2o1. The molecule has 0 radical (unpaired) electrons. The predicted molar refractivity (Wildman–Crippen MR) is 63.8 cm³/mol. The molecule has 0 bridgehead atoms. The number of hydrogen-bond acceptors (Lipinski definition) is 3. The average Bonchev–Trinajstić information content (AvgIpc) is 2.66. The molecule has 86 valence electrons. The van der Waals surface area contributed by atoms with Gasteiger partial charge in [0.1, 0.15) is 11.3 Å². The highest BCUT2D eigenvalue weighted by Crippen LogP contribution is 2.18. The van der Waals surface area contributed by atoms with E-state index >= 15 is 0 Å². The third kappa shape index (κ3) is 2.84. The maximum atomic E-state index is 5.63. The third-order valence-electron chi connectivity index (χ3n) is 2.24. The van der Waals surface area contributed by atoms with Gasteiger partial charge >= 0.3 is 0 Å². The fourth-order valence-corrected chi connectivity index (χ4v) is 1.47. The van der Waals surface area contributed by atoms with Crippen LogP contribution in [0.15, 0.2) is 34.7 Å². The van der Waals surface area contributed by atoms with E-state index in [-0.39, 0.29) is 0 Å². The van der Waals surface area contributed by atoms with Crippen LogP contribution in [0.25, 0.3) is 11.0 Å². The molecule has 2 aromatic rings. The Balaban J connectivity index is 1.89. The van der Waals surface area contributed by atoms with Gasteiger partial charge in [-0.2, -0.15) is 5.48 Å². The van der Waals surface area contributed by atoms with Crippen molar-refractivity contribution in [3.8, 4) is 0 Å². The summed E-state index contributed by atoms with van der Waals surface area (Å²) >= 11 is 0. The lowest BCUT2D eigenvalue weighted by atomic mass is 10.2. The van der Waals surface area contributed by atoms with Crippen LogP contribution in [0.1, 0.15) is 19.6 Å². The minimum atomic E-state index is 0.531. The van der Waals surface area contributed by atoms with Crippen LogP contribution in [0.2, 0.25) is 0 Å². The molecular weight excluding hydrogens is 202 g/mol. The van der Waals surface area contributed by atoms with Crippen molar-refractivity contribution in [2.24, 2.45) is 5.92 Å². The average molecular weight is 219 g/mol. The number of benzene rings is 1. The van der Waals surface area contributed by atoms with Gasteiger partial charge in [-0.3, -0.25) is 0 Å². The fraction of sp³-hybridized carbons (Fsp3) is 0.385. The highest BCUT2D eigenvalue weighted by molar-refractivity contribution is 5.77. The normalized spacial score (nSPS) is 11.4. The highest BCUT2D eigenvalue weighted by Gasteiger charge is 2.02. The van der Waals surface area contributed by atoms with Crippen LogP contribution in [0.4, 0.5) is 0 Å². The lowest BCUT2D eigenvalue weighted by Crippen LogP contribution is -2.16. The summed E-state index contributed by atoms with van der Waals surface area (Å²) in [6, 6.07) is 10.0. The Morgan fingerprint density at radius 3 is 2.88 bits per heavy atom. The van der Waals surface area contributed by atoms with E-state index in [4.69, 9.17) is 9.25 Å². The Morgan fingerprint density at radius 2 is 2.12 bits per heavy atom. The summed E-state index contributed by atoms with van der Waals surface area (Å²) < 4.78 is 5.63. The van der Waals surface area contributed by atoms with E-state index in [1.807, 2.05) is 30.3 Å². The molecular formula is C13H17NO2. The summed E-state index contributed by atoms with van der Waals surface area (Å²) in [5.74, 6) is 1.42. The van der Waals surface area contributed by atoms with Gasteiger partial charge in [0.25, 0.3) is 0 Å². The second-order valence-corrected chi connectivity index (χ2v) is 4.28. The molecule has 0 saturated carbocycles. The number of furan rings is 1. The van der Waals surface area contributed by atoms with Crippen molar-refractivity contribution in [3.05, 3.63) is 36.1 Å². The van der Waals surface area contributed by atoms with E-state index in [2.05, 4.69) is 19.3 Å². The van der Waals surface area contributed by atoms with Gasteiger partial charge in [0.15, 0.2) is 0 Å². The molecule has 16 heavy (non-hydrogen) atoms. The van der Waals surface area contributed by atoms with E-state index in [9.17, 15) is 0 Å². The first-order valence-corrected chi connectivity index (χ1v) is 5.58. The zero-order chi connectivity index (χ0) is 11.4. The quantitative estimate of drug-likeness (QED) is 0.619. The topological polar surface area (TPSA) is 34.4 Å². The molecule has 0 aliphatic carbocycles. The van der Waals surface area contributed by atoms with Crippen molar-refractivity contribution < 1.29 is 9.25 Å². The molecule has 1 aromatic carbocycles. The first-order valence-electron chi connectivity index (χ1n) is 5.58. The van der Waals surface area contributed by atoms with E-state index in [0.717, 1.165) is 16.7 Å². The highest BCUT2D eigenvalue weighted by atomic mass is 16.6. The molecule has 0 aliphatic rings. The molecule has 0 unspecified atom stereocenters. The first kappa shape index (κ1) is 11.2. The lowest BCUT2D eigenvalue weighted by Gasteiger charge is -2.05. The minimum absolute atomic E-state index is 0.531. The number of para-hydroxylation sites is 1. The Kier molecular flexibility index (Phi) is 3.59. The van der Waals surface area contributed by atoms with Crippen molar-refractivity contribution in [1.29, 1.82) is 0 Å². The van der Waals surface area contributed by atoms with E-state index in [1.54, 1.807) is 0 Å². The molecule has 3 nitrogen and oxygen atoms in total. The molecule has 3 heteroatoms. The van der Waals surface area contributed by atoms with E-state index < -0.39 is 0 Å². The molecule has 0 saturated heterocycles. The maximum Gasteiger partial charge on any atom is 0.134 e. The molecule has 2 rings (SSSR count). The predicted octanol–water partition coefficient (Wildman–Crippen LogP) is 3.11. The van der Waals surface area contributed by atoms with Gasteiger partial charge in [-0.05, 0) is 18.1 Å². The summed E-state index contributed by atoms with van der Waals surface area (Å²) in [4.78, 5) is 5.28. The molecule has 0 aliphatic heterocycles. The van der Waals surface area contributed by atoms with E-state index in [1.165, 1.54) is 0 Å². The van der Waals surface area contributed by atoms with Crippen molar-refractivity contribution in [3.63, 3.8) is 0 Å². The third-order valence-corrected chi connectivity index (χ3v) is 2.24. The van der Waals surface area contributed by atoms with Crippen molar-refractivity contribution in [2.45, 2.75) is 20.4 Å². The van der Waals surface area contributed by atoms with Gasteiger partial charge in [0, 0.05) is 5.39 Å². The number of nitrogens with one attached hydrogen (secondary N) is 1. The molecule has 0 fully saturated rings. The Hall–Kier alpha value is -1.32. The molecule has 0 spiro atoms. The summed E-state index contributed by atoms with van der Waals surface area (Å²) in [6.45, 7) is 5.54. The standard InChI is InChI=1S/C13H17NO2/c1-10(2)9-15-14-8-12-7-11-5-3-4-6-13(11)16-12/h3-7,10,14H,8-9H2,1-2H3. The zero-order valence-corrected chi connectivity index (χ0v) is 9.69. The number of rotatable bonds is 5. The van der Waals surface area contributed by atoms with Crippen LogP contribution in [0.5, 0.6) is 0 Å². The second kappa shape index (κ2) is 5.14. The van der Waals surface area contributed by atoms with Crippen LogP contribution in [0, 0.1) is 5.92 Å². The smallest absolute Gasteiger partial charge is 0.134 e. The minimum Gasteiger partial charge on any atom is -0.460 e. The molecule has 1 aromatic heterocycles. The molecule has 1 N–H and O–H groups in total. The van der Waals surface area contributed by atoms with Crippen LogP contribution < -0.4 is 5.48 Å². The van der Waals surface area contributed by atoms with Crippen LogP contribution >= 0.6 is 0 Å². The number of fused-ring (bicyclic) bond motifs is 1. The molecule has 1 heterocycles. The van der Waals surface area contributed by atoms with Gasteiger partial charge in [-0.25, -0.2) is 0 Å². The van der Waals surface area contributed by atoms with Gasteiger partial charge in [0.05, 0.1) is 13.2 Å². The Bertz CT molecular complexity index is 415. The molecule has 0 amide bonds. The largest absolute Gasteiger partial charge is 0.460 e. The molecule has 0 atom stereocenters. The van der Waals surface area contributed by atoms with E-state index in [0.29, 0.717) is 19.1 Å². The summed E-state index contributed by atoms with van der Waals surface area (Å²) in [6.07, 6.45) is 0. The van der Waals surface area contributed by atoms with Gasteiger partial charge in [0.2, 0.25) is 0 Å². The number of hydroxylamine groups is 1. The zero-order valence-electron chi connectivity index (χ0n) is 9.69. The van der Waals surface area contributed by atoms with Crippen LogP contribution in [-0.2, 0) is 11.4 Å². The van der Waals surface area contributed by atoms with Crippen molar-refractivity contribution in [2.75, 3.05) is 6.61 Å².